The summed E-state index contributed by atoms with van der Waals surface area (Å²) in [5, 5.41) is 18.3. The maximum atomic E-state index is 14.6. The van der Waals surface area contributed by atoms with Gasteiger partial charge in [0.1, 0.15) is 21.5 Å². The molecule has 184 valence electrons. The summed E-state index contributed by atoms with van der Waals surface area (Å²) in [6.07, 6.45) is 3.59. The minimum atomic E-state index is -3.98. The molecule has 11 heteroatoms. The summed E-state index contributed by atoms with van der Waals surface area (Å²) in [5.41, 5.74) is 0.171. The fourth-order valence-electron chi connectivity index (χ4n) is 3.38. The highest BCUT2D eigenvalue weighted by molar-refractivity contribution is 7.91. The molecule has 34 heavy (non-hydrogen) atoms. The number of rotatable bonds is 7. The number of hydrogen-bond donors (Lipinski definition) is 3. The molecule has 0 heterocycles. The summed E-state index contributed by atoms with van der Waals surface area (Å²) in [4.78, 5) is 12.2. The van der Waals surface area contributed by atoms with E-state index in [1.165, 1.54) is 32.0 Å². The number of ether oxygens (including phenoxy) is 1. The minimum absolute atomic E-state index is 0.0612. The topological polar surface area (TPSA) is 114 Å². The Hall–Kier alpha value is -2.89. The van der Waals surface area contributed by atoms with Crippen LogP contribution in [-0.4, -0.2) is 22.0 Å². The van der Waals surface area contributed by atoms with Crippen LogP contribution in [0.1, 0.15) is 56.2 Å². The predicted octanol–water partition coefficient (Wildman–Crippen LogP) is 5.36. The van der Waals surface area contributed by atoms with Gasteiger partial charge in [-0.15, -0.1) is 4.36 Å². The van der Waals surface area contributed by atoms with Gasteiger partial charge in [-0.1, -0.05) is 32.1 Å². The Balaban J connectivity index is 1.98. The molecule has 0 saturated heterocycles. The van der Waals surface area contributed by atoms with Gasteiger partial charge < -0.3 is 15.2 Å². The number of halogens is 3. The van der Waals surface area contributed by atoms with E-state index in [-0.39, 0.29) is 23.1 Å². The fourth-order valence-corrected chi connectivity index (χ4v) is 4.37. The number of amides is 2. The third-order valence-corrected chi connectivity index (χ3v) is 6.57. The zero-order valence-electron chi connectivity index (χ0n) is 19.0. The van der Waals surface area contributed by atoms with Crippen molar-refractivity contribution in [3.05, 3.63) is 65.0 Å². The van der Waals surface area contributed by atoms with Gasteiger partial charge >= 0.3 is 12.6 Å². The van der Waals surface area contributed by atoms with Gasteiger partial charge in [-0.25, -0.2) is 18.5 Å². The van der Waals surface area contributed by atoms with Crippen molar-refractivity contribution in [2.24, 2.45) is 9.50 Å². The number of aliphatic hydroxyl groups is 1. The van der Waals surface area contributed by atoms with Crippen molar-refractivity contribution in [1.29, 1.82) is 0 Å². The summed E-state index contributed by atoms with van der Waals surface area (Å²) in [6.45, 7) is 3.48. The van der Waals surface area contributed by atoms with Gasteiger partial charge in [-0.05, 0) is 60.7 Å². The summed E-state index contributed by atoms with van der Waals surface area (Å²) in [6, 6.07) is 5.10. The van der Waals surface area contributed by atoms with Gasteiger partial charge in [0.15, 0.2) is 0 Å². The second kappa shape index (κ2) is 9.40. The first-order chi connectivity index (χ1) is 15.7. The Morgan fingerprint density at radius 3 is 2.38 bits per heavy atom. The normalized spacial score (nSPS) is 15.4. The highest BCUT2D eigenvalue weighted by atomic mass is 32.2. The number of alkyl halides is 2. The standard InChI is InChI=1S/C23H26F3N3O4S/c1-12(2)16-10-15(33-21(25)26)11-17(13-5-6-13)20(16)28-22(30)29-34(27,32)19-8-7-14(9-18(19)24)23(3,4)31/h5-13,21,31H,1-4H3,(H3,27,28,29,30,32). The number of anilines is 1. The Morgan fingerprint density at radius 2 is 1.88 bits per heavy atom. The average molecular weight is 498 g/mol. The van der Waals surface area contributed by atoms with E-state index in [1.807, 2.05) is 0 Å². The highest BCUT2D eigenvalue weighted by Crippen LogP contribution is 2.42. The smallest absolute Gasteiger partial charge is 0.387 e. The lowest BCUT2D eigenvalue weighted by atomic mass is 9.94. The van der Waals surface area contributed by atoms with Gasteiger partial charge in [0, 0.05) is 5.92 Å². The molecule has 3 rings (SSSR count). The van der Waals surface area contributed by atoms with Crippen LogP contribution in [0.15, 0.2) is 51.7 Å². The molecule has 4 N–H and O–H groups in total. The molecule has 2 aromatic carbocycles. The summed E-state index contributed by atoms with van der Waals surface area (Å²) >= 11 is 0. The summed E-state index contributed by atoms with van der Waals surface area (Å²) in [5.74, 6) is -1.46. The number of hydrogen-bond acceptors (Lipinski definition) is 4. The SMILES string of the molecule is CC(C)c1cc(OC(F)F)cc(C2C=C2)c1NC(=O)N=S(N)(=O)c1ccc(C(C)(C)O)cc1F. The number of nitrogens with zero attached hydrogens (tertiary/aromatic N) is 1. The van der Waals surface area contributed by atoms with E-state index in [0.717, 1.165) is 12.1 Å². The Bertz CT molecular complexity index is 1230. The van der Waals surface area contributed by atoms with Crippen LogP contribution in [0.3, 0.4) is 0 Å². The monoisotopic (exact) mass is 497 g/mol. The second-order valence-corrected chi connectivity index (χ2v) is 10.5. The molecule has 0 radical (unpaired) electrons. The number of carbonyl (C=O) groups excluding carboxylic acids is 1. The van der Waals surface area contributed by atoms with Gasteiger partial charge in [0.25, 0.3) is 0 Å². The molecule has 2 amide bonds. The number of carbonyl (C=O) groups is 1. The van der Waals surface area contributed by atoms with E-state index < -0.39 is 38.9 Å². The van der Waals surface area contributed by atoms with Crippen molar-refractivity contribution in [3.63, 3.8) is 0 Å². The minimum Gasteiger partial charge on any atom is -0.435 e. The molecule has 1 unspecified atom stereocenters. The number of nitrogens with two attached hydrogens (primary N) is 1. The number of allylic oxidation sites excluding steroid dienone is 2. The molecule has 0 saturated carbocycles. The second-order valence-electron chi connectivity index (χ2n) is 8.71. The highest BCUT2D eigenvalue weighted by Gasteiger charge is 2.26. The van der Waals surface area contributed by atoms with Gasteiger partial charge in [-0.2, -0.15) is 8.78 Å². The Labute approximate surface area is 196 Å². The quantitative estimate of drug-likeness (QED) is 0.447. The number of urea groups is 1. The van der Waals surface area contributed by atoms with Gasteiger partial charge in [0.05, 0.1) is 16.2 Å². The third-order valence-electron chi connectivity index (χ3n) is 5.17. The van der Waals surface area contributed by atoms with Crippen LogP contribution in [0, 0.1) is 5.82 Å². The molecule has 7 nitrogen and oxygen atoms in total. The molecule has 1 atom stereocenters. The van der Waals surface area contributed by atoms with E-state index >= 15 is 0 Å². The molecular formula is C23H26F3N3O4S. The first kappa shape index (κ1) is 25.7. The van der Waals surface area contributed by atoms with Gasteiger partial charge in [-0.3, -0.25) is 0 Å². The molecule has 0 fully saturated rings. The third kappa shape index (κ3) is 5.96. The van der Waals surface area contributed by atoms with Crippen LogP contribution in [0.5, 0.6) is 5.75 Å². The Morgan fingerprint density at radius 1 is 1.24 bits per heavy atom. The van der Waals surface area contributed by atoms with E-state index in [4.69, 9.17) is 5.14 Å². The van der Waals surface area contributed by atoms with Crippen molar-refractivity contribution in [2.45, 2.75) is 56.6 Å². The molecule has 2 aromatic rings. The van der Waals surface area contributed by atoms with E-state index in [2.05, 4.69) is 14.4 Å². The first-order valence-corrected chi connectivity index (χ1v) is 12.0. The fraction of sp³-hybridized carbons (Fsp3) is 0.348. The lowest BCUT2D eigenvalue weighted by Crippen LogP contribution is -2.21. The predicted molar refractivity (Wildman–Crippen MR) is 123 cm³/mol. The van der Waals surface area contributed by atoms with Crippen LogP contribution in [-0.2, 0) is 15.5 Å². The van der Waals surface area contributed by atoms with Crippen molar-refractivity contribution >= 4 is 21.6 Å². The molecular weight excluding hydrogens is 471 g/mol. The number of benzene rings is 2. The summed E-state index contributed by atoms with van der Waals surface area (Å²) < 4.78 is 61.1. The van der Waals surface area contributed by atoms with E-state index in [0.29, 0.717) is 16.8 Å². The van der Waals surface area contributed by atoms with Crippen molar-refractivity contribution < 1.29 is 32.0 Å². The Kier molecular flexibility index (Phi) is 7.11. The zero-order chi connectivity index (χ0) is 25.4. The van der Waals surface area contributed by atoms with Crippen LogP contribution in [0.4, 0.5) is 23.7 Å². The van der Waals surface area contributed by atoms with Crippen molar-refractivity contribution in [2.75, 3.05) is 5.32 Å². The van der Waals surface area contributed by atoms with Crippen molar-refractivity contribution in [3.8, 4) is 5.75 Å². The van der Waals surface area contributed by atoms with Crippen LogP contribution in [0.2, 0.25) is 0 Å². The molecule has 1 aliphatic rings. The van der Waals surface area contributed by atoms with Crippen molar-refractivity contribution in [1.82, 2.24) is 0 Å². The van der Waals surface area contributed by atoms with Crippen LogP contribution < -0.4 is 15.2 Å². The van der Waals surface area contributed by atoms with Crippen LogP contribution >= 0.6 is 0 Å². The molecule has 0 aromatic heterocycles. The zero-order valence-corrected chi connectivity index (χ0v) is 19.8. The van der Waals surface area contributed by atoms with E-state index in [1.54, 1.807) is 26.0 Å². The summed E-state index contributed by atoms with van der Waals surface area (Å²) in [7, 11) is -3.98. The lowest BCUT2D eigenvalue weighted by Gasteiger charge is -2.20. The van der Waals surface area contributed by atoms with Gasteiger partial charge in [0.2, 0.25) is 0 Å². The van der Waals surface area contributed by atoms with E-state index in [9.17, 15) is 27.3 Å². The molecule has 0 spiro atoms. The largest absolute Gasteiger partial charge is 0.435 e. The first-order valence-electron chi connectivity index (χ1n) is 10.4. The molecule has 0 bridgehead atoms. The molecule has 0 aliphatic heterocycles. The van der Waals surface area contributed by atoms with Crippen LogP contribution in [0.25, 0.3) is 0 Å². The molecule has 1 aliphatic carbocycles. The maximum absolute atomic E-state index is 14.6. The number of nitrogens with one attached hydrogen (secondary N) is 1. The maximum Gasteiger partial charge on any atom is 0.387 e. The average Bonchev–Trinajstić information content (AvgIpc) is 3.51. The lowest BCUT2D eigenvalue weighted by molar-refractivity contribution is -0.0499.